The van der Waals surface area contributed by atoms with Gasteiger partial charge in [0, 0.05) is 30.9 Å². The van der Waals surface area contributed by atoms with Crippen molar-refractivity contribution in [3.05, 3.63) is 0 Å². The molecule has 0 aromatic carbocycles. The normalized spacial score (nSPS) is 15.9. The van der Waals surface area contributed by atoms with Crippen molar-refractivity contribution in [2.24, 2.45) is 4.99 Å². The SMILES string of the molecule is CCC(C)N=C(C)NC(C)CC.[Li]. The molecule has 13 heavy (non-hydrogen) atoms. The minimum Gasteiger partial charge on any atom is -0.372 e. The standard InChI is InChI=1S/C10H22N2.Li/c1-6-8(3)11-10(5)12-9(4)7-2;/h8-9H,6-7H2,1-5H3,(H,11,12);. The van der Waals surface area contributed by atoms with E-state index in [2.05, 4.69) is 38.0 Å². The first-order chi connectivity index (χ1) is 5.60. The van der Waals surface area contributed by atoms with E-state index < -0.39 is 0 Å². The summed E-state index contributed by atoms with van der Waals surface area (Å²) < 4.78 is 0. The van der Waals surface area contributed by atoms with Crippen molar-refractivity contribution < 1.29 is 0 Å². The van der Waals surface area contributed by atoms with Gasteiger partial charge in [0.2, 0.25) is 0 Å². The van der Waals surface area contributed by atoms with Crippen LogP contribution in [0.3, 0.4) is 0 Å². The van der Waals surface area contributed by atoms with Crippen LogP contribution >= 0.6 is 0 Å². The third kappa shape index (κ3) is 8.40. The van der Waals surface area contributed by atoms with Crippen molar-refractivity contribution in [3.8, 4) is 0 Å². The molecule has 0 aliphatic heterocycles. The molecule has 0 aromatic rings. The van der Waals surface area contributed by atoms with Gasteiger partial charge >= 0.3 is 0 Å². The molecule has 0 rings (SSSR count). The molecule has 2 atom stereocenters. The summed E-state index contributed by atoms with van der Waals surface area (Å²) >= 11 is 0. The Labute approximate surface area is 94.8 Å². The Hall–Kier alpha value is 0.0674. The molecule has 0 fully saturated rings. The second kappa shape index (κ2) is 8.66. The van der Waals surface area contributed by atoms with Gasteiger partial charge in [-0.15, -0.1) is 0 Å². The van der Waals surface area contributed by atoms with E-state index in [1.807, 2.05) is 6.92 Å². The average molecular weight is 177 g/mol. The van der Waals surface area contributed by atoms with Gasteiger partial charge in [-0.25, -0.2) is 0 Å². The van der Waals surface area contributed by atoms with Gasteiger partial charge in [0.1, 0.15) is 0 Å². The topological polar surface area (TPSA) is 24.4 Å². The molecule has 73 valence electrons. The molecular formula is C10H22LiN2. The van der Waals surface area contributed by atoms with Crippen LogP contribution in [0.5, 0.6) is 0 Å². The second-order valence-electron chi connectivity index (χ2n) is 3.43. The zero-order valence-electron chi connectivity index (χ0n) is 10.0. The number of amidine groups is 1. The van der Waals surface area contributed by atoms with E-state index >= 15 is 0 Å². The van der Waals surface area contributed by atoms with Crippen molar-refractivity contribution in [1.29, 1.82) is 0 Å². The third-order valence-corrected chi connectivity index (χ3v) is 2.07. The smallest absolute Gasteiger partial charge is 0.0936 e. The fourth-order valence-corrected chi connectivity index (χ4v) is 0.918. The fraction of sp³-hybridized carbons (Fsp3) is 0.900. The number of hydrogen-bond donors (Lipinski definition) is 1. The van der Waals surface area contributed by atoms with Crippen LogP contribution in [0.15, 0.2) is 4.99 Å². The summed E-state index contributed by atoms with van der Waals surface area (Å²) in [6.07, 6.45) is 2.26. The van der Waals surface area contributed by atoms with Gasteiger partial charge in [-0.1, -0.05) is 13.8 Å². The summed E-state index contributed by atoms with van der Waals surface area (Å²) in [4.78, 5) is 4.49. The molecule has 2 nitrogen and oxygen atoms in total. The molecule has 0 aliphatic carbocycles. The van der Waals surface area contributed by atoms with Gasteiger partial charge in [0.25, 0.3) is 0 Å². The quantitative estimate of drug-likeness (QED) is 0.397. The summed E-state index contributed by atoms with van der Waals surface area (Å²) in [5, 5.41) is 3.34. The van der Waals surface area contributed by atoms with Crippen molar-refractivity contribution in [2.75, 3.05) is 0 Å². The van der Waals surface area contributed by atoms with E-state index in [1.54, 1.807) is 0 Å². The van der Waals surface area contributed by atoms with Crippen LogP contribution < -0.4 is 5.32 Å². The van der Waals surface area contributed by atoms with Gasteiger partial charge in [0.15, 0.2) is 0 Å². The van der Waals surface area contributed by atoms with E-state index in [0.717, 1.165) is 18.7 Å². The molecule has 0 heterocycles. The van der Waals surface area contributed by atoms with Crippen LogP contribution in [0.2, 0.25) is 0 Å². The Morgan fingerprint density at radius 2 is 1.77 bits per heavy atom. The first kappa shape index (κ1) is 15.5. The monoisotopic (exact) mass is 177 g/mol. The second-order valence-corrected chi connectivity index (χ2v) is 3.43. The average Bonchev–Trinajstić information content (AvgIpc) is 2.03. The van der Waals surface area contributed by atoms with E-state index in [-0.39, 0.29) is 18.9 Å². The third-order valence-electron chi connectivity index (χ3n) is 2.07. The first-order valence-corrected chi connectivity index (χ1v) is 4.91. The van der Waals surface area contributed by atoms with Crippen LogP contribution in [-0.2, 0) is 0 Å². The maximum absolute atomic E-state index is 4.49. The van der Waals surface area contributed by atoms with Crippen LogP contribution in [-0.4, -0.2) is 36.8 Å². The van der Waals surface area contributed by atoms with Gasteiger partial charge in [-0.2, -0.15) is 0 Å². The molecule has 0 spiro atoms. The first-order valence-electron chi connectivity index (χ1n) is 4.91. The van der Waals surface area contributed by atoms with E-state index in [9.17, 15) is 0 Å². The van der Waals surface area contributed by atoms with Crippen molar-refractivity contribution in [3.63, 3.8) is 0 Å². The van der Waals surface area contributed by atoms with E-state index in [4.69, 9.17) is 0 Å². The fourth-order valence-electron chi connectivity index (χ4n) is 0.918. The number of aliphatic imine (C=N–C) groups is 1. The van der Waals surface area contributed by atoms with Crippen molar-refractivity contribution in [2.45, 2.75) is 59.5 Å². The minimum atomic E-state index is 0. The van der Waals surface area contributed by atoms with Crippen LogP contribution in [0.25, 0.3) is 0 Å². The van der Waals surface area contributed by atoms with Crippen molar-refractivity contribution in [1.82, 2.24) is 5.32 Å². The molecule has 0 aliphatic rings. The molecule has 0 aromatic heterocycles. The largest absolute Gasteiger partial charge is 0.372 e. The molecule has 0 saturated carbocycles. The molecule has 0 amide bonds. The molecule has 3 heteroatoms. The number of rotatable bonds is 4. The Morgan fingerprint density at radius 1 is 1.23 bits per heavy atom. The molecule has 1 N–H and O–H groups in total. The maximum Gasteiger partial charge on any atom is 0.0936 e. The van der Waals surface area contributed by atoms with E-state index in [0.29, 0.717) is 12.1 Å². The summed E-state index contributed by atoms with van der Waals surface area (Å²) in [6.45, 7) is 10.7. The molecule has 1 radical (unpaired) electrons. The van der Waals surface area contributed by atoms with Gasteiger partial charge < -0.3 is 5.32 Å². The van der Waals surface area contributed by atoms with Crippen LogP contribution in [0, 0.1) is 0 Å². The van der Waals surface area contributed by atoms with Gasteiger partial charge in [-0.05, 0) is 33.6 Å². The summed E-state index contributed by atoms with van der Waals surface area (Å²) in [6, 6.07) is 0.986. The summed E-state index contributed by atoms with van der Waals surface area (Å²) in [7, 11) is 0. The predicted molar refractivity (Wildman–Crippen MR) is 61.5 cm³/mol. The molecule has 0 bridgehead atoms. The molecular weight excluding hydrogens is 155 g/mol. The summed E-state index contributed by atoms with van der Waals surface area (Å²) in [5.74, 6) is 1.07. The zero-order chi connectivity index (χ0) is 9.56. The number of nitrogens with zero attached hydrogens (tertiary/aromatic N) is 1. The summed E-state index contributed by atoms with van der Waals surface area (Å²) in [5.41, 5.74) is 0. The maximum atomic E-state index is 4.49. The van der Waals surface area contributed by atoms with Crippen LogP contribution in [0.1, 0.15) is 47.5 Å². The molecule has 0 saturated heterocycles. The van der Waals surface area contributed by atoms with E-state index in [1.165, 1.54) is 0 Å². The molecule has 2 unspecified atom stereocenters. The Balaban J connectivity index is 0. The van der Waals surface area contributed by atoms with Crippen molar-refractivity contribution >= 4 is 24.7 Å². The predicted octanol–water partition coefficient (Wildman–Crippen LogP) is 2.21. The zero-order valence-corrected chi connectivity index (χ0v) is 10.0. The number of hydrogen-bond acceptors (Lipinski definition) is 1. The number of nitrogens with one attached hydrogen (secondary N) is 1. The Kier molecular flexibility index (Phi) is 10.3. The minimum absolute atomic E-state index is 0. The van der Waals surface area contributed by atoms with Crippen LogP contribution in [0.4, 0.5) is 0 Å². The van der Waals surface area contributed by atoms with Gasteiger partial charge in [-0.3, -0.25) is 4.99 Å². The Morgan fingerprint density at radius 3 is 2.15 bits per heavy atom. The Bertz CT molecular complexity index is 146. The van der Waals surface area contributed by atoms with Gasteiger partial charge in [0.05, 0.1) is 5.84 Å².